The molecule has 1 N–H and O–H groups in total. The van der Waals surface area contributed by atoms with Gasteiger partial charge in [-0.05, 0) is 13.0 Å². The number of hydrogen-bond acceptors (Lipinski definition) is 6. The van der Waals surface area contributed by atoms with Crippen LogP contribution in [0.5, 0.6) is 0 Å². The van der Waals surface area contributed by atoms with Crippen LogP contribution in [0.25, 0.3) is 10.9 Å². The van der Waals surface area contributed by atoms with Crippen molar-refractivity contribution in [3.05, 3.63) is 35.8 Å². The van der Waals surface area contributed by atoms with Crippen LogP contribution < -0.4 is 0 Å². The Bertz CT molecular complexity index is 659. The fourth-order valence-corrected chi connectivity index (χ4v) is 3.08. The molecule has 3 rings (SSSR count). The Morgan fingerprint density at radius 3 is 2.75 bits per heavy atom. The Morgan fingerprint density at radius 1 is 1.17 bits per heavy atom. The molecule has 0 atom stereocenters. The first-order valence-corrected chi connectivity index (χ1v) is 8.62. The van der Waals surface area contributed by atoms with Crippen molar-refractivity contribution in [2.45, 2.75) is 13.5 Å². The van der Waals surface area contributed by atoms with Crippen LogP contribution in [0.15, 0.2) is 24.3 Å². The first-order chi connectivity index (χ1) is 11.8. The second-order valence-electron chi connectivity index (χ2n) is 6.20. The number of fused-ring (bicyclic) bond motifs is 1. The van der Waals surface area contributed by atoms with Gasteiger partial charge in [0.2, 0.25) is 0 Å². The number of hydrogen-bond donors (Lipinski definition) is 1. The highest BCUT2D eigenvalue weighted by Crippen LogP contribution is 2.15. The molecule has 2 heterocycles. The molecule has 2 aromatic rings. The highest BCUT2D eigenvalue weighted by molar-refractivity contribution is 5.80. The first kappa shape index (κ1) is 17.2. The van der Waals surface area contributed by atoms with Gasteiger partial charge in [-0.2, -0.15) is 0 Å². The van der Waals surface area contributed by atoms with Crippen LogP contribution >= 0.6 is 0 Å². The van der Waals surface area contributed by atoms with E-state index < -0.39 is 0 Å². The molecule has 1 fully saturated rings. The van der Waals surface area contributed by atoms with Crippen molar-refractivity contribution in [2.24, 2.45) is 0 Å². The van der Waals surface area contributed by atoms with Gasteiger partial charge in [0.05, 0.1) is 31.9 Å². The molecule has 0 amide bonds. The minimum Gasteiger partial charge on any atom is -0.395 e. The smallest absolute Gasteiger partial charge is 0.143 e. The molecule has 0 bridgehead atoms. The van der Waals surface area contributed by atoms with Gasteiger partial charge in [0.15, 0.2) is 0 Å². The summed E-state index contributed by atoms with van der Waals surface area (Å²) in [6.45, 7) is 8.95. The Balaban J connectivity index is 1.66. The lowest BCUT2D eigenvalue weighted by Gasteiger charge is -2.29. The van der Waals surface area contributed by atoms with E-state index in [0.717, 1.165) is 61.8 Å². The van der Waals surface area contributed by atoms with E-state index >= 15 is 0 Å². The molecule has 6 heteroatoms. The van der Waals surface area contributed by atoms with E-state index in [1.165, 1.54) is 0 Å². The third-order valence-corrected chi connectivity index (χ3v) is 4.46. The SMILES string of the molecule is Cc1nc(CN(CCO)CCN2CCOCC2)nc2ccccc12. The number of aromatic nitrogens is 2. The minimum absolute atomic E-state index is 0.148. The molecule has 0 spiro atoms. The predicted octanol–water partition coefficient (Wildman–Crippen LogP) is 1.06. The summed E-state index contributed by atoms with van der Waals surface area (Å²) < 4.78 is 5.39. The van der Waals surface area contributed by atoms with Crippen molar-refractivity contribution in [1.29, 1.82) is 0 Å². The highest BCUT2D eigenvalue weighted by Gasteiger charge is 2.14. The van der Waals surface area contributed by atoms with Gasteiger partial charge in [0.1, 0.15) is 5.82 Å². The molecule has 1 saturated heterocycles. The van der Waals surface area contributed by atoms with E-state index in [2.05, 4.69) is 25.8 Å². The maximum Gasteiger partial charge on any atom is 0.143 e. The molecule has 0 radical (unpaired) electrons. The number of aliphatic hydroxyl groups is 1. The molecule has 0 aliphatic carbocycles. The van der Waals surface area contributed by atoms with E-state index in [1.807, 2.05) is 25.1 Å². The normalized spacial score (nSPS) is 16.1. The molecule has 1 aromatic heterocycles. The van der Waals surface area contributed by atoms with Crippen LogP contribution in [0, 0.1) is 6.92 Å². The maximum absolute atomic E-state index is 9.36. The van der Waals surface area contributed by atoms with Crippen molar-refractivity contribution in [2.75, 3.05) is 52.5 Å². The van der Waals surface area contributed by atoms with Crippen LogP contribution in [-0.2, 0) is 11.3 Å². The molecule has 130 valence electrons. The Kier molecular flexibility index (Phi) is 6.09. The Hall–Kier alpha value is -1.60. The van der Waals surface area contributed by atoms with Gasteiger partial charge in [-0.15, -0.1) is 0 Å². The largest absolute Gasteiger partial charge is 0.395 e. The predicted molar refractivity (Wildman–Crippen MR) is 93.9 cm³/mol. The van der Waals surface area contributed by atoms with Gasteiger partial charge < -0.3 is 9.84 Å². The van der Waals surface area contributed by atoms with Gasteiger partial charge in [-0.1, -0.05) is 18.2 Å². The lowest BCUT2D eigenvalue weighted by molar-refractivity contribution is 0.0319. The summed E-state index contributed by atoms with van der Waals surface area (Å²) in [4.78, 5) is 14.0. The van der Waals surface area contributed by atoms with Crippen LogP contribution in [0.2, 0.25) is 0 Å². The summed E-state index contributed by atoms with van der Waals surface area (Å²) in [7, 11) is 0. The Labute approximate surface area is 143 Å². The van der Waals surface area contributed by atoms with Crippen molar-refractivity contribution < 1.29 is 9.84 Å². The second kappa shape index (κ2) is 8.48. The molecular formula is C18H26N4O2. The van der Waals surface area contributed by atoms with Gasteiger partial charge in [0, 0.05) is 43.8 Å². The fraction of sp³-hybridized carbons (Fsp3) is 0.556. The van der Waals surface area contributed by atoms with Gasteiger partial charge in [-0.3, -0.25) is 9.80 Å². The number of benzene rings is 1. The lowest BCUT2D eigenvalue weighted by Crippen LogP contribution is -2.42. The number of ether oxygens (including phenoxy) is 1. The summed E-state index contributed by atoms with van der Waals surface area (Å²) in [5.41, 5.74) is 1.99. The molecule has 1 aliphatic heterocycles. The zero-order valence-corrected chi connectivity index (χ0v) is 14.3. The zero-order valence-electron chi connectivity index (χ0n) is 14.3. The summed E-state index contributed by atoms with van der Waals surface area (Å²) in [6, 6.07) is 8.09. The van der Waals surface area contributed by atoms with Crippen molar-refractivity contribution >= 4 is 10.9 Å². The average Bonchev–Trinajstić information content (AvgIpc) is 2.61. The highest BCUT2D eigenvalue weighted by atomic mass is 16.5. The quantitative estimate of drug-likeness (QED) is 0.819. The van der Waals surface area contributed by atoms with E-state index in [9.17, 15) is 5.11 Å². The standard InChI is InChI=1S/C18H26N4O2/c1-15-16-4-2-3-5-17(16)20-18(19-15)14-22(8-11-23)7-6-21-9-12-24-13-10-21/h2-5,23H,6-14H2,1H3. The average molecular weight is 330 g/mol. The van der Waals surface area contributed by atoms with Crippen molar-refractivity contribution in [3.63, 3.8) is 0 Å². The van der Waals surface area contributed by atoms with E-state index in [1.54, 1.807) is 0 Å². The Morgan fingerprint density at radius 2 is 1.96 bits per heavy atom. The lowest BCUT2D eigenvalue weighted by atomic mass is 10.2. The van der Waals surface area contributed by atoms with E-state index in [-0.39, 0.29) is 6.61 Å². The van der Waals surface area contributed by atoms with Crippen molar-refractivity contribution in [1.82, 2.24) is 19.8 Å². The summed E-state index contributed by atoms with van der Waals surface area (Å²) in [5.74, 6) is 0.821. The molecule has 0 saturated carbocycles. The second-order valence-corrected chi connectivity index (χ2v) is 6.20. The van der Waals surface area contributed by atoms with Crippen LogP contribution in [0.1, 0.15) is 11.5 Å². The monoisotopic (exact) mass is 330 g/mol. The van der Waals surface area contributed by atoms with Crippen molar-refractivity contribution in [3.8, 4) is 0 Å². The molecule has 6 nitrogen and oxygen atoms in total. The maximum atomic E-state index is 9.36. The number of aryl methyl sites for hydroxylation is 1. The number of para-hydroxylation sites is 1. The molecule has 1 aliphatic rings. The topological polar surface area (TPSA) is 61.7 Å². The first-order valence-electron chi connectivity index (χ1n) is 8.62. The number of nitrogens with zero attached hydrogens (tertiary/aromatic N) is 4. The van der Waals surface area contributed by atoms with Crippen LogP contribution in [0.3, 0.4) is 0 Å². The summed E-state index contributed by atoms with van der Waals surface area (Å²) in [6.07, 6.45) is 0. The third-order valence-electron chi connectivity index (χ3n) is 4.46. The number of aliphatic hydroxyl groups excluding tert-OH is 1. The minimum atomic E-state index is 0.148. The zero-order chi connectivity index (χ0) is 16.8. The fourth-order valence-electron chi connectivity index (χ4n) is 3.08. The van der Waals surface area contributed by atoms with Crippen LogP contribution in [-0.4, -0.2) is 77.4 Å². The van der Waals surface area contributed by atoms with E-state index in [0.29, 0.717) is 13.1 Å². The van der Waals surface area contributed by atoms with E-state index in [4.69, 9.17) is 4.74 Å². The summed E-state index contributed by atoms with van der Waals surface area (Å²) in [5, 5.41) is 10.5. The summed E-state index contributed by atoms with van der Waals surface area (Å²) >= 11 is 0. The third kappa shape index (κ3) is 4.48. The molecule has 24 heavy (non-hydrogen) atoms. The molecular weight excluding hydrogens is 304 g/mol. The van der Waals surface area contributed by atoms with Gasteiger partial charge >= 0.3 is 0 Å². The number of rotatable bonds is 7. The molecule has 1 aromatic carbocycles. The van der Waals surface area contributed by atoms with Crippen LogP contribution in [0.4, 0.5) is 0 Å². The van der Waals surface area contributed by atoms with Gasteiger partial charge in [0.25, 0.3) is 0 Å². The van der Waals surface area contributed by atoms with Gasteiger partial charge in [-0.25, -0.2) is 9.97 Å². The number of morpholine rings is 1. The molecule has 0 unspecified atom stereocenters.